The van der Waals surface area contributed by atoms with E-state index in [2.05, 4.69) is 24.6 Å². The predicted molar refractivity (Wildman–Crippen MR) is 57.9 cm³/mol. The second-order valence-electron chi connectivity index (χ2n) is 3.43. The van der Waals surface area contributed by atoms with Gasteiger partial charge in [0.25, 0.3) is 0 Å². The van der Waals surface area contributed by atoms with Crippen molar-refractivity contribution in [2.45, 2.75) is 39.0 Å². The molecule has 0 aliphatic heterocycles. The lowest BCUT2D eigenvalue weighted by atomic mass is 10.1. The minimum atomic E-state index is 0.967. The Bertz CT molecular complexity index is 247. The Hall–Kier alpha value is -0.980. The van der Waals surface area contributed by atoms with E-state index in [-0.39, 0.29) is 0 Å². The molecule has 1 N–H and O–H groups in total. The number of allylic oxidation sites excluding steroid dienone is 1. The van der Waals surface area contributed by atoms with Crippen molar-refractivity contribution >= 4 is 0 Å². The van der Waals surface area contributed by atoms with E-state index in [4.69, 9.17) is 0 Å². The maximum absolute atomic E-state index is 3.75. The molecule has 1 aromatic rings. The van der Waals surface area contributed by atoms with Crippen molar-refractivity contribution < 1.29 is 0 Å². The van der Waals surface area contributed by atoms with E-state index in [1.54, 1.807) is 0 Å². The van der Waals surface area contributed by atoms with Crippen LogP contribution in [0.25, 0.3) is 0 Å². The average molecular weight is 177 g/mol. The molecule has 0 saturated carbocycles. The van der Waals surface area contributed by atoms with Gasteiger partial charge in [-0.15, -0.1) is 6.58 Å². The van der Waals surface area contributed by atoms with Crippen molar-refractivity contribution in [2.75, 3.05) is 0 Å². The molecule has 0 aromatic carbocycles. The van der Waals surface area contributed by atoms with Gasteiger partial charge in [-0.1, -0.05) is 25.8 Å². The van der Waals surface area contributed by atoms with E-state index in [0.29, 0.717) is 0 Å². The van der Waals surface area contributed by atoms with Gasteiger partial charge in [-0.25, -0.2) is 0 Å². The fourth-order valence-corrected chi connectivity index (χ4v) is 1.57. The monoisotopic (exact) mass is 177 g/mol. The minimum absolute atomic E-state index is 0.967. The van der Waals surface area contributed by atoms with Gasteiger partial charge in [-0.3, -0.25) is 0 Å². The van der Waals surface area contributed by atoms with E-state index in [0.717, 1.165) is 6.42 Å². The summed E-state index contributed by atoms with van der Waals surface area (Å²) in [5.74, 6) is 0. The first-order chi connectivity index (χ1) is 6.38. The smallest absolute Gasteiger partial charge is 0.0217 e. The maximum atomic E-state index is 3.75. The molecule has 0 radical (unpaired) electrons. The Labute approximate surface area is 80.9 Å². The molecular formula is C12H19N. The third-order valence-electron chi connectivity index (χ3n) is 2.33. The van der Waals surface area contributed by atoms with Crippen LogP contribution in [0.4, 0.5) is 0 Å². The lowest BCUT2D eigenvalue weighted by Gasteiger charge is -2.00. The van der Waals surface area contributed by atoms with Crippen LogP contribution >= 0.6 is 0 Å². The summed E-state index contributed by atoms with van der Waals surface area (Å²) >= 11 is 0. The molecule has 13 heavy (non-hydrogen) atoms. The summed E-state index contributed by atoms with van der Waals surface area (Å²) in [6.45, 7) is 5.99. The van der Waals surface area contributed by atoms with E-state index >= 15 is 0 Å². The van der Waals surface area contributed by atoms with Crippen LogP contribution in [0.3, 0.4) is 0 Å². The lowest BCUT2D eigenvalue weighted by molar-refractivity contribution is 0.714. The third-order valence-corrected chi connectivity index (χ3v) is 2.33. The number of nitrogens with one attached hydrogen (secondary N) is 1. The van der Waals surface area contributed by atoms with E-state index in [1.807, 2.05) is 12.3 Å². The fourth-order valence-electron chi connectivity index (χ4n) is 1.57. The highest BCUT2D eigenvalue weighted by Crippen LogP contribution is 2.12. The first-order valence-corrected chi connectivity index (χ1v) is 5.14. The zero-order chi connectivity index (χ0) is 9.52. The quantitative estimate of drug-likeness (QED) is 0.506. The summed E-state index contributed by atoms with van der Waals surface area (Å²) < 4.78 is 0. The molecule has 1 aromatic heterocycles. The van der Waals surface area contributed by atoms with Crippen molar-refractivity contribution in [3.63, 3.8) is 0 Å². The van der Waals surface area contributed by atoms with Gasteiger partial charge < -0.3 is 4.98 Å². The first kappa shape index (κ1) is 10.1. The van der Waals surface area contributed by atoms with Crippen molar-refractivity contribution in [1.29, 1.82) is 0 Å². The molecule has 0 bridgehead atoms. The number of hydrogen-bond acceptors (Lipinski definition) is 0. The van der Waals surface area contributed by atoms with Crippen LogP contribution in [0.15, 0.2) is 24.9 Å². The second-order valence-corrected chi connectivity index (χ2v) is 3.43. The van der Waals surface area contributed by atoms with Crippen LogP contribution in [-0.4, -0.2) is 4.98 Å². The summed E-state index contributed by atoms with van der Waals surface area (Å²) in [7, 11) is 0. The standard InChI is InChI=1S/C12H19N/c1-3-5-6-8-11-9-10-13-12(11)7-4-2/h4,9-10,13H,2-3,5-8H2,1H3. The summed E-state index contributed by atoms with van der Waals surface area (Å²) in [6, 6.07) is 2.19. The van der Waals surface area contributed by atoms with Crippen LogP contribution in [0.1, 0.15) is 37.4 Å². The van der Waals surface area contributed by atoms with Gasteiger partial charge in [0.15, 0.2) is 0 Å². The molecule has 1 heteroatoms. The highest BCUT2D eigenvalue weighted by atomic mass is 14.7. The Morgan fingerprint density at radius 3 is 3.00 bits per heavy atom. The number of H-pyrrole nitrogens is 1. The molecule has 0 amide bonds. The zero-order valence-electron chi connectivity index (χ0n) is 8.47. The summed E-state index contributed by atoms with van der Waals surface area (Å²) in [5.41, 5.74) is 2.81. The van der Waals surface area contributed by atoms with Gasteiger partial charge in [0.1, 0.15) is 0 Å². The van der Waals surface area contributed by atoms with Gasteiger partial charge in [0, 0.05) is 18.3 Å². The minimum Gasteiger partial charge on any atom is -0.365 e. The van der Waals surface area contributed by atoms with E-state index in [1.165, 1.54) is 36.9 Å². The Kier molecular flexibility index (Phi) is 4.37. The molecule has 1 rings (SSSR count). The van der Waals surface area contributed by atoms with Crippen molar-refractivity contribution in [3.05, 3.63) is 36.2 Å². The highest BCUT2D eigenvalue weighted by molar-refractivity contribution is 5.22. The van der Waals surface area contributed by atoms with Gasteiger partial charge in [-0.05, 0) is 24.5 Å². The molecule has 72 valence electrons. The predicted octanol–water partition coefficient (Wildman–Crippen LogP) is 3.48. The van der Waals surface area contributed by atoms with Crippen LogP contribution in [0, 0.1) is 0 Å². The molecule has 0 saturated heterocycles. The number of rotatable bonds is 6. The first-order valence-electron chi connectivity index (χ1n) is 5.14. The average Bonchev–Trinajstić information content (AvgIpc) is 2.54. The highest BCUT2D eigenvalue weighted by Gasteiger charge is 2.00. The number of aromatic nitrogens is 1. The number of aromatic amines is 1. The summed E-state index contributed by atoms with van der Waals surface area (Å²) in [5, 5.41) is 0. The molecule has 0 aliphatic rings. The van der Waals surface area contributed by atoms with Crippen LogP contribution in [0.5, 0.6) is 0 Å². The largest absolute Gasteiger partial charge is 0.365 e. The normalized spacial score (nSPS) is 10.2. The molecule has 1 heterocycles. The number of hydrogen-bond donors (Lipinski definition) is 1. The molecular weight excluding hydrogens is 158 g/mol. The number of aryl methyl sites for hydroxylation is 1. The summed E-state index contributed by atoms with van der Waals surface area (Å²) in [4.78, 5) is 3.26. The van der Waals surface area contributed by atoms with Crippen LogP contribution in [-0.2, 0) is 12.8 Å². The van der Waals surface area contributed by atoms with Crippen molar-refractivity contribution in [3.8, 4) is 0 Å². The van der Waals surface area contributed by atoms with Crippen LogP contribution in [0.2, 0.25) is 0 Å². The van der Waals surface area contributed by atoms with E-state index < -0.39 is 0 Å². The molecule has 0 fully saturated rings. The number of unbranched alkanes of at least 4 members (excludes halogenated alkanes) is 2. The Morgan fingerprint density at radius 1 is 1.46 bits per heavy atom. The summed E-state index contributed by atoms with van der Waals surface area (Å²) in [6.07, 6.45) is 10.1. The second kappa shape index (κ2) is 5.63. The van der Waals surface area contributed by atoms with Crippen molar-refractivity contribution in [1.82, 2.24) is 4.98 Å². The maximum Gasteiger partial charge on any atom is 0.0217 e. The third kappa shape index (κ3) is 3.10. The fraction of sp³-hybridized carbons (Fsp3) is 0.500. The SMILES string of the molecule is C=CCc1[nH]ccc1CCCCC. The molecule has 0 unspecified atom stereocenters. The van der Waals surface area contributed by atoms with E-state index in [9.17, 15) is 0 Å². The van der Waals surface area contributed by atoms with Crippen LogP contribution < -0.4 is 0 Å². The topological polar surface area (TPSA) is 15.8 Å². The Morgan fingerprint density at radius 2 is 2.31 bits per heavy atom. The molecule has 0 atom stereocenters. The van der Waals surface area contributed by atoms with Crippen molar-refractivity contribution in [2.24, 2.45) is 0 Å². The molecule has 0 aliphatic carbocycles. The van der Waals surface area contributed by atoms with Gasteiger partial charge in [0.05, 0.1) is 0 Å². The molecule has 0 spiro atoms. The lowest BCUT2D eigenvalue weighted by Crippen LogP contribution is -1.90. The van der Waals surface area contributed by atoms with Gasteiger partial charge >= 0.3 is 0 Å². The van der Waals surface area contributed by atoms with Gasteiger partial charge in [0.2, 0.25) is 0 Å². The van der Waals surface area contributed by atoms with Gasteiger partial charge in [-0.2, -0.15) is 0 Å². The zero-order valence-corrected chi connectivity index (χ0v) is 8.47. The molecule has 1 nitrogen and oxygen atoms in total. The Balaban J connectivity index is 2.44.